The molecule has 4 nitrogen and oxygen atoms in total. The summed E-state index contributed by atoms with van der Waals surface area (Å²) in [4.78, 5) is 12.0. The average Bonchev–Trinajstić information content (AvgIpc) is 2.46. The zero-order valence-corrected chi connectivity index (χ0v) is 14.1. The first-order chi connectivity index (χ1) is 11.0. The Kier molecular flexibility index (Phi) is 5.39. The van der Waals surface area contributed by atoms with Gasteiger partial charge in [-0.05, 0) is 37.5 Å². The van der Waals surface area contributed by atoms with E-state index in [2.05, 4.69) is 4.72 Å². The van der Waals surface area contributed by atoms with Gasteiger partial charge in [0.15, 0.2) is 5.78 Å². The van der Waals surface area contributed by atoms with Crippen molar-refractivity contribution in [3.8, 4) is 0 Å². The van der Waals surface area contributed by atoms with Crippen molar-refractivity contribution in [3.05, 3.63) is 35.4 Å². The van der Waals surface area contributed by atoms with Crippen LogP contribution in [0.25, 0.3) is 0 Å². The van der Waals surface area contributed by atoms with Crippen molar-refractivity contribution in [2.45, 2.75) is 56.5 Å². The summed E-state index contributed by atoms with van der Waals surface area (Å²) < 4.78 is 64.9. The summed E-state index contributed by atoms with van der Waals surface area (Å²) >= 11 is 0. The van der Waals surface area contributed by atoms with Gasteiger partial charge in [-0.2, -0.15) is 13.2 Å². The number of sulfonamides is 1. The minimum Gasteiger partial charge on any atom is -0.298 e. The zero-order valence-electron chi connectivity index (χ0n) is 13.3. The second kappa shape index (κ2) is 6.84. The highest BCUT2D eigenvalue weighted by Crippen LogP contribution is 2.31. The quantitative estimate of drug-likeness (QED) is 0.872. The topological polar surface area (TPSA) is 63.2 Å². The van der Waals surface area contributed by atoms with Crippen molar-refractivity contribution < 1.29 is 26.4 Å². The van der Waals surface area contributed by atoms with Crippen LogP contribution in [0.2, 0.25) is 0 Å². The van der Waals surface area contributed by atoms with Crippen LogP contribution in [0.1, 0.15) is 50.2 Å². The molecule has 0 heterocycles. The lowest BCUT2D eigenvalue weighted by Crippen LogP contribution is -2.54. The van der Waals surface area contributed by atoms with Crippen molar-refractivity contribution in [3.63, 3.8) is 0 Å². The van der Waals surface area contributed by atoms with Crippen LogP contribution in [-0.2, 0) is 26.7 Å². The third-order valence-electron chi connectivity index (χ3n) is 4.37. The number of alkyl halides is 3. The van der Waals surface area contributed by atoms with Crippen LogP contribution in [0.4, 0.5) is 13.2 Å². The van der Waals surface area contributed by atoms with Gasteiger partial charge in [0.05, 0.1) is 16.9 Å². The van der Waals surface area contributed by atoms with E-state index in [1.165, 1.54) is 6.92 Å². The average molecular weight is 363 g/mol. The first-order valence-electron chi connectivity index (χ1n) is 7.73. The number of ketones is 1. The maximum atomic E-state index is 12.5. The molecule has 2 rings (SSSR count). The maximum Gasteiger partial charge on any atom is 0.416 e. The van der Waals surface area contributed by atoms with Crippen LogP contribution >= 0.6 is 0 Å². The standard InChI is InChI=1S/C16H20F3NO3S/c1-12(21)15(9-3-2-4-10-15)20-24(22,23)11-13-5-7-14(8-6-13)16(17,18)19/h5-8,20H,2-4,9-11H2,1H3. The van der Waals surface area contributed by atoms with Gasteiger partial charge in [-0.3, -0.25) is 4.79 Å². The van der Waals surface area contributed by atoms with E-state index < -0.39 is 33.1 Å². The summed E-state index contributed by atoms with van der Waals surface area (Å²) in [6, 6.07) is 3.99. The van der Waals surface area contributed by atoms with Gasteiger partial charge in [-0.15, -0.1) is 0 Å². The molecule has 0 amide bonds. The highest BCUT2D eigenvalue weighted by atomic mass is 32.2. The van der Waals surface area contributed by atoms with E-state index in [1.807, 2.05) is 0 Å². The molecule has 1 saturated carbocycles. The fraction of sp³-hybridized carbons (Fsp3) is 0.562. The lowest BCUT2D eigenvalue weighted by molar-refractivity contribution is -0.137. The summed E-state index contributed by atoms with van der Waals surface area (Å²) in [5.74, 6) is -0.682. The van der Waals surface area contributed by atoms with E-state index in [-0.39, 0.29) is 11.3 Å². The van der Waals surface area contributed by atoms with E-state index >= 15 is 0 Å². The maximum absolute atomic E-state index is 12.5. The molecule has 1 aliphatic rings. The van der Waals surface area contributed by atoms with Crippen LogP contribution in [0, 0.1) is 0 Å². The Hall–Kier alpha value is -1.41. The number of carbonyl (C=O) groups excluding carboxylic acids is 1. The van der Waals surface area contributed by atoms with Crippen LogP contribution in [0.3, 0.4) is 0 Å². The third-order valence-corrected chi connectivity index (χ3v) is 5.78. The van der Waals surface area contributed by atoms with Crippen molar-refractivity contribution in [2.75, 3.05) is 0 Å². The SMILES string of the molecule is CC(=O)C1(NS(=O)(=O)Cc2ccc(C(F)(F)F)cc2)CCCCC1. The number of hydrogen-bond donors (Lipinski definition) is 1. The summed E-state index contributed by atoms with van der Waals surface area (Å²) in [5, 5.41) is 0. The van der Waals surface area contributed by atoms with Crippen molar-refractivity contribution in [1.29, 1.82) is 0 Å². The molecule has 24 heavy (non-hydrogen) atoms. The predicted molar refractivity (Wildman–Crippen MR) is 83.7 cm³/mol. The third kappa shape index (κ3) is 4.57. The van der Waals surface area contributed by atoms with Crippen LogP contribution in [0.15, 0.2) is 24.3 Å². The lowest BCUT2D eigenvalue weighted by Gasteiger charge is -2.35. The van der Waals surface area contributed by atoms with E-state index in [1.54, 1.807) is 0 Å². The van der Waals surface area contributed by atoms with Crippen LogP contribution in [0.5, 0.6) is 0 Å². The Morgan fingerprint density at radius 1 is 1.12 bits per heavy atom. The minimum atomic E-state index is -4.46. The molecule has 1 aromatic carbocycles. The number of rotatable bonds is 5. The van der Waals surface area contributed by atoms with Gasteiger partial charge in [-0.1, -0.05) is 31.4 Å². The summed E-state index contributed by atoms with van der Waals surface area (Å²) in [7, 11) is -3.84. The van der Waals surface area contributed by atoms with Crippen LogP contribution < -0.4 is 4.72 Å². The Morgan fingerprint density at radius 2 is 1.67 bits per heavy atom. The van der Waals surface area contributed by atoms with Gasteiger partial charge < -0.3 is 0 Å². The second-order valence-corrected chi connectivity index (χ2v) is 7.98. The molecule has 1 aromatic rings. The molecule has 0 spiro atoms. The van der Waals surface area contributed by atoms with Gasteiger partial charge in [0.25, 0.3) is 0 Å². The molecule has 1 fully saturated rings. The number of nitrogens with one attached hydrogen (secondary N) is 1. The zero-order chi connectivity index (χ0) is 18.0. The molecule has 1 aliphatic carbocycles. The second-order valence-electron chi connectivity index (χ2n) is 6.25. The molecule has 134 valence electrons. The molecule has 0 bridgehead atoms. The number of halogens is 3. The highest BCUT2D eigenvalue weighted by Gasteiger charge is 2.40. The largest absolute Gasteiger partial charge is 0.416 e. The normalized spacial score (nSPS) is 18.3. The molecule has 0 atom stereocenters. The molecule has 0 aliphatic heterocycles. The molecular weight excluding hydrogens is 343 g/mol. The first-order valence-corrected chi connectivity index (χ1v) is 9.38. The number of Topliss-reactive ketones (excluding diaryl/α,β-unsaturated/α-hetero) is 1. The van der Waals surface area contributed by atoms with Gasteiger partial charge in [0, 0.05) is 0 Å². The fourth-order valence-corrected chi connectivity index (χ4v) is 4.67. The molecule has 1 N–H and O–H groups in total. The van der Waals surface area contributed by atoms with E-state index in [9.17, 15) is 26.4 Å². The van der Waals surface area contributed by atoms with E-state index in [0.29, 0.717) is 12.8 Å². The molecule has 0 radical (unpaired) electrons. The molecule has 0 unspecified atom stereocenters. The fourth-order valence-electron chi connectivity index (χ4n) is 3.02. The highest BCUT2D eigenvalue weighted by molar-refractivity contribution is 7.88. The lowest BCUT2D eigenvalue weighted by atomic mass is 9.80. The smallest absolute Gasteiger partial charge is 0.298 e. The first kappa shape index (κ1) is 18.9. The van der Waals surface area contributed by atoms with Crippen molar-refractivity contribution >= 4 is 15.8 Å². The Morgan fingerprint density at radius 3 is 2.12 bits per heavy atom. The Balaban J connectivity index is 2.14. The summed E-state index contributed by atoms with van der Waals surface area (Å²) in [6.07, 6.45) is -1.07. The predicted octanol–water partition coefficient (Wildman–Crippen LogP) is 3.42. The van der Waals surface area contributed by atoms with E-state index in [0.717, 1.165) is 43.5 Å². The van der Waals surface area contributed by atoms with Crippen molar-refractivity contribution in [1.82, 2.24) is 4.72 Å². The minimum absolute atomic E-state index is 0.224. The number of carbonyl (C=O) groups is 1. The summed E-state index contributed by atoms with van der Waals surface area (Å²) in [6.45, 7) is 1.37. The van der Waals surface area contributed by atoms with Gasteiger partial charge >= 0.3 is 6.18 Å². The molecule has 8 heteroatoms. The molecule has 0 saturated heterocycles. The van der Waals surface area contributed by atoms with Gasteiger partial charge in [-0.25, -0.2) is 13.1 Å². The van der Waals surface area contributed by atoms with Gasteiger partial charge in [0.1, 0.15) is 0 Å². The number of benzene rings is 1. The van der Waals surface area contributed by atoms with E-state index in [4.69, 9.17) is 0 Å². The number of hydrogen-bond acceptors (Lipinski definition) is 3. The molecular formula is C16H20F3NO3S. The van der Waals surface area contributed by atoms with Crippen LogP contribution in [-0.4, -0.2) is 19.7 Å². The molecule has 0 aromatic heterocycles. The van der Waals surface area contributed by atoms with Crippen molar-refractivity contribution in [2.24, 2.45) is 0 Å². The Bertz CT molecular complexity index is 690. The monoisotopic (exact) mass is 363 g/mol. The van der Waals surface area contributed by atoms with Gasteiger partial charge in [0.2, 0.25) is 10.0 Å². The Labute approximate surface area is 139 Å². The summed E-state index contributed by atoms with van der Waals surface area (Å²) in [5.41, 5.74) is -1.67.